The van der Waals surface area contributed by atoms with Gasteiger partial charge in [0.15, 0.2) is 17.4 Å². The lowest BCUT2D eigenvalue weighted by molar-refractivity contribution is -0.0546. The maximum absolute atomic E-state index is 14.0. The fourth-order valence-corrected chi connectivity index (χ4v) is 5.41. The second-order valence-corrected chi connectivity index (χ2v) is 8.72. The molecule has 0 radical (unpaired) electrons. The molecule has 0 unspecified atom stereocenters. The average molecular weight is 416 g/mol. The van der Waals surface area contributed by atoms with Crippen LogP contribution >= 0.6 is 0 Å². The second-order valence-electron chi connectivity index (χ2n) is 8.72. The fourth-order valence-electron chi connectivity index (χ4n) is 5.41. The lowest BCUT2D eigenvalue weighted by Gasteiger charge is -2.38. The highest BCUT2D eigenvalue weighted by molar-refractivity contribution is 5.33. The molecule has 2 fully saturated rings. The molecule has 2 aliphatic rings. The van der Waals surface area contributed by atoms with Gasteiger partial charge in [-0.15, -0.1) is 0 Å². The molecule has 0 N–H and O–H groups in total. The van der Waals surface area contributed by atoms with Gasteiger partial charge in [-0.3, -0.25) is 0 Å². The number of hydrogen-bond acceptors (Lipinski definition) is 2. The highest BCUT2D eigenvalue weighted by Gasteiger charge is 2.32. The highest BCUT2D eigenvalue weighted by Crippen LogP contribution is 2.45. The van der Waals surface area contributed by atoms with Crippen molar-refractivity contribution >= 4 is 0 Å². The molecule has 1 aromatic rings. The number of methoxy groups -OCH3 is 1. The summed E-state index contributed by atoms with van der Waals surface area (Å²) >= 11 is 0. The van der Waals surface area contributed by atoms with Crippen LogP contribution in [0, 0.1) is 29.4 Å². The zero-order valence-electron chi connectivity index (χ0n) is 17.1. The van der Waals surface area contributed by atoms with Crippen molar-refractivity contribution < 1.29 is 27.0 Å². The van der Waals surface area contributed by atoms with Gasteiger partial charge in [-0.2, -0.15) is 8.78 Å². The SMILES string of the molecule is COCCC[C@H]1CC[C@H](C2CCC(c3cc(F)c(OC(F)F)c(F)c3)CC2)CC1. The zero-order valence-corrected chi connectivity index (χ0v) is 17.1. The Labute approximate surface area is 171 Å². The summed E-state index contributed by atoms with van der Waals surface area (Å²) in [6.45, 7) is -2.39. The molecule has 0 amide bonds. The van der Waals surface area contributed by atoms with E-state index in [4.69, 9.17) is 4.74 Å². The Morgan fingerprint density at radius 2 is 1.45 bits per heavy atom. The van der Waals surface area contributed by atoms with Gasteiger partial charge in [-0.25, -0.2) is 8.78 Å². The van der Waals surface area contributed by atoms with Crippen molar-refractivity contribution in [2.75, 3.05) is 13.7 Å². The van der Waals surface area contributed by atoms with E-state index in [1.54, 1.807) is 7.11 Å². The first kappa shape index (κ1) is 22.4. The first-order chi connectivity index (χ1) is 14.0. The van der Waals surface area contributed by atoms with Gasteiger partial charge in [0, 0.05) is 13.7 Å². The van der Waals surface area contributed by atoms with E-state index in [2.05, 4.69) is 4.74 Å². The number of benzene rings is 1. The normalized spacial score (nSPS) is 27.9. The third-order valence-electron chi connectivity index (χ3n) is 6.99. The first-order valence-electron chi connectivity index (χ1n) is 10.9. The van der Waals surface area contributed by atoms with Crippen LogP contribution in [0.5, 0.6) is 5.75 Å². The summed E-state index contributed by atoms with van der Waals surface area (Å²) in [7, 11) is 1.75. The van der Waals surface area contributed by atoms with E-state index >= 15 is 0 Å². The van der Waals surface area contributed by atoms with Crippen LogP contribution in [-0.2, 0) is 4.74 Å². The van der Waals surface area contributed by atoms with E-state index in [0.29, 0.717) is 11.5 Å². The molecule has 0 heterocycles. The minimum atomic E-state index is -3.24. The monoisotopic (exact) mass is 416 g/mol. The van der Waals surface area contributed by atoms with Crippen LogP contribution in [0.1, 0.15) is 75.7 Å². The standard InChI is InChI=1S/C23H32F4O2/c1-28-12-2-3-15-4-6-16(7-5-15)17-8-10-18(11-9-17)19-13-20(24)22(21(25)14-19)29-23(26)27/h13-18,23H,2-12H2,1H3/t15-,16-,17?,18?. The summed E-state index contributed by atoms with van der Waals surface area (Å²) in [5.74, 6) is -0.700. The van der Waals surface area contributed by atoms with Crippen LogP contribution < -0.4 is 4.74 Å². The van der Waals surface area contributed by atoms with Crippen LogP contribution in [-0.4, -0.2) is 20.3 Å². The summed E-state index contributed by atoms with van der Waals surface area (Å²) in [5, 5.41) is 0. The molecule has 3 rings (SSSR count). The van der Waals surface area contributed by atoms with E-state index < -0.39 is 24.0 Å². The minimum absolute atomic E-state index is 0.0845. The smallest absolute Gasteiger partial charge is 0.387 e. The van der Waals surface area contributed by atoms with Gasteiger partial charge in [0.1, 0.15) is 0 Å². The van der Waals surface area contributed by atoms with Crippen LogP contribution in [0.3, 0.4) is 0 Å². The van der Waals surface area contributed by atoms with E-state index in [1.165, 1.54) is 32.1 Å². The summed E-state index contributed by atoms with van der Waals surface area (Å²) < 4.78 is 61.8. The van der Waals surface area contributed by atoms with Crippen molar-refractivity contribution in [3.63, 3.8) is 0 Å². The number of alkyl halides is 2. The molecule has 2 nitrogen and oxygen atoms in total. The van der Waals surface area contributed by atoms with Crippen molar-refractivity contribution in [2.45, 2.75) is 76.7 Å². The predicted molar refractivity (Wildman–Crippen MR) is 104 cm³/mol. The molecule has 2 aliphatic carbocycles. The number of halogens is 4. The van der Waals surface area contributed by atoms with E-state index in [9.17, 15) is 17.6 Å². The van der Waals surface area contributed by atoms with Gasteiger partial charge in [0.25, 0.3) is 0 Å². The van der Waals surface area contributed by atoms with Crippen LogP contribution in [0.15, 0.2) is 12.1 Å². The molecule has 164 valence electrons. The maximum atomic E-state index is 14.0. The minimum Gasteiger partial charge on any atom is -0.429 e. The Bertz CT molecular complexity index is 613. The van der Waals surface area contributed by atoms with Crippen LogP contribution in [0.2, 0.25) is 0 Å². The molecule has 0 bridgehead atoms. The van der Waals surface area contributed by atoms with Crippen molar-refractivity contribution in [1.82, 2.24) is 0 Å². The fraction of sp³-hybridized carbons (Fsp3) is 0.739. The van der Waals surface area contributed by atoms with Crippen molar-refractivity contribution in [3.8, 4) is 5.75 Å². The Morgan fingerprint density at radius 1 is 0.897 bits per heavy atom. The second kappa shape index (κ2) is 10.6. The molecule has 0 spiro atoms. The molecule has 0 aromatic heterocycles. The van der Waals surface area contributed by atoms with E-state index in [0.717, 1.165) is 62.7 Å². The topological polar surface area (TPSA) is 18.5 Å². The molecule has 0 saturated heterocycles. The molecule has 1 aromatic carbocycles. The van der Waals surface area contributed by atoms with Crippen LogP contribution in [0.4, 0.5) is 17.6 Å². The van der Waals surface area contributed by atoms with E-state index in [1.807, 2.05) is 0 Å². The number of ether oxygens (including phenoxy) is 2. The van der Waals surface area contributed by atoms with Gasteiger partial charge in [0.05, 0.1) is 0 Å². The quantitative estimate of drug-likeness (QED) is 0.333. The summed E-state index contributed by atoms with van der Waals surface area (Å²) in [6, 6.07) is 2.33. The van der Waals surface area contributed by atoms with E-state index in [-0.39, 0.29) is 5.92 Å². The molecule has 29 heavy (non-hydrogen) atoms. The van der Waals surface area contributed by atoms with Gasteiger partial charge in [0.2, 0.25) is 0 Å². The van der Waals surface area contributed by atoms with Crippen molar-refractivity contribution in [2.24, 2.45) is 17.8 Å². The molecule has 6 heteroatoms. The lowest BCUT2D eigenvalue weighted by Crippen LogP contribution is -2.25. The Kier molecular flexibility index (Phi) is 8.22. The summed E-state index contributed by atoms with van der Waals surface area (Å²) in [6.07, 6.45) is 11.5. The van der Waals surface area contributed by atoms with Gasteiger partial charge < -0.3 is 9.47 Å². The predicted octanol–water partition coefficient (Wildman–Crippen LogP) is 7.07. The van der Waals surface area contributed by atoms with Crippen molar-refractivity contribution in [3.05, 3.63) is 29.3 Å². The molecular formula is C23H32F4O2. The number of hydrogen-bond donors (Lipinski definition) is 0. The molecular weight excluding hydrogens is 384 g/mol. The Hall–Kier alpha value is -1.30. The largest absolute Gasteiger partial charge is 0.429 e. The average Bonchev–Trinajstić information content (AvgIpc) is 2.71. The third kappa shape index (κ3) is 6.09. The lowest BCUT2D eigenvalue weighted by atomic mass is 9.68. The van der Waals surface area contributed by atoms with Gasteiger partial charge >= 0.3 is 6.61 Å². The van der Waals surface area contributed by atoms with Gasteiger partial charge in [-0.1, -0.05) is 12.8 Å². The highest BCUT2D eigenvalue weighted by atomic mass is 19.3. The zero-order chi connectivity index (χ0) is 20.8. The first-order valence-corrected chi connectivity index (χ1v) is 10.9. The Morgan fingerprint density at radius 3 is 1.97 bits per heavy atom. The molecule has 0 aliphatic heterocycles. The number of rotatable bonds is 8. The van der Waals surface area contributed by atoms with Crippen LogP contribution in [0.25, 0.3) is 0 Å². The maximum Gasteiger partial charge on any atom is 0.387 e. The van der Waals surface area contributed by atoms with Gasteiger partial charge in [-0.05, 0) is 92.7 Å². The molecule has 2 saturated carbocycles. The molecule has 0 atom stereocenters. The third-order valence-corrected chi connectivity index (χ3v) is 6.99. The summed E-state index contributed by atoms with van der Waals surface area (Å²) in [5.41, 5.74) is 0.557. The van der Waals surface area contributed by atoms with Crippen molar-refractivity contribution in [1.29, 1.82) is 0 Å². The Balaban J connectivity index is 1.48. The summed E-state index contributed by atoms with van der Waals surface area (Å²) in [4.78, 5) is 0.